The Bertz CT molecular complexity index is 1080. The van der Waals surface area contributed by atoms with E-state index in [9.17, 15) is 23.6 Å². The Hall–Kier alpha value is -3.18. The number of nitrogens with zero attached hydrogens (tertiary/aromatic N) is 4. The van der Waals surface area contributed by atoms with Crippen LogP contribution in [0.4, 0.5) is 8.78 Å². The summed E-state index contributed by atoms with van der Waals surface area (Å²) < 4.78 is 28.9. The summed E-state index contributed by atoms with van der Waals surface area (Å²) in [6.45, 7) is 0.219. The van der Waals surface area contributed by atoms with Gasteiger partial charge in [-0.3, -0.25) is 19.5 Å². The van der Waals surface area contributed by atoms with E-state index in [1.807, 2.05) is 36.4 Å². The predicted molar refractivity (Wildman–Crippen MR) is 122 cm³/mol. The number of carbonyl (C=O) groups is 2. The van der Waals surface area contributed by atoms with Crippen LogP contribution in [0.1, 0.15) is 60.0 Å². The molecule has 2 saturated heterocycles. The highest BCUT2D eigenvalue weighted by Crippen LogP contribution is 2.43. The monoisotopic (exact) mass is 466 g/mol. The van der Waals surface area contributed by atoms with Gasteiger partial charge in [-0.05, 0) is 36.5 Å². The Morgan fingerprint density at radius 1 is 1.06 bits per heavy atom. The molecule has 34 heavy (non-hydrogen) atoms. The summed E-state index contributed by atoms with van der Waals surface area (Å²) >= 11 is 0. The molecule has 3 heterocycles. The standard InChI is InChI=1S/C26H28F2N4O2/c27-25(28)17-26(18-29,31-13-5-2-6-14-31)32(19-25)24(34)10-9-23(33)22-11-12-30-16-21(22)15-20-7-3-1-4-8-20/h1,3-4,7-8,11-12,16H,2,5-6,9-10,13-15,17,19H2/t26-/m0/s1. The fourth-order valence-corrected chi connectivity index (χ4v) is 5.03. The van der Waals surface area contributed by atoms with E-state index in [1.54, 1.807) is 17.2 Å². The quantitative estimate of drug-likeness (QED) is 0.572. The van der Waals surface area contributed by atoms with Crippen LogP contribution in [0.15, 0.2) is 48.8 Å². The van der Waals surface area contributed by atoms with Crippen molar-refractivity contribution >= 4 is 11.7 Å². The molecule has 1 atom stereocenters. The summed E-state index contributed by atoms with van der Waals surface area (Å²) in [5.41, 5.74) is 0.596. The first-order chi connectivity index (χ1) is 16.3. The number of pyridine rings is 1. The number of rotatable bonds is 7. The summed E-state index contributed by atoms with van der Waals surface area (Å²) in [5.74, 6) is -3.97. The topological polar surface area (TPSA) is 77.3 Å². The van der Waals surface area contributed by atoms with Crippen molar-refractivity contribution in [1.29, 1.82) is 5.26 Å². The van der Waals surface area contributed by atoms with E-state index >= 15 is 0 Å². The Balaban J connectivity index is 1.48. The third-order valence-corrected chi connectivity index (χ3v) is 6.71. The van der Waals surface area contributed by atoms with Gasteiger partial charge in [-0.15, -0.1) is 0 Å². The molecule has 2 aliphatic heterocycles. The number of likely N-dealkylation sites (tertiary alicyclic amines) is 2. The first-order valence-corrected chi connectivity index (χ1v) is 11.7. The molecule has 0 unspecified atom stereocenters. The molecule has 0 radical (unpaired) electrons. The Kier molecular flexibility index (Phi) is 7.03. The van der Waals surface area contributed by atoms with E-state index in [0.29, 0.717) is 25.1 Å². The van der Waals surface area contributed by atoms with E-state index < -0.39 is 30.5 Å². The molecule has 0 bridgehead atoms. The third-order valence-electron chi connectivity index (χ3n) is 6.71. The molecule has 1 amide bonds. The number of ketones is 1. The summed E-state index contributed by atoms with van der Waals surface area (Å²) in [6.07, 6.45) is 5.25. The van der Waals surface area contributed by atoms with E-state index in [0.717, 1.165) is 35.3 Å². The molecule has 4 rings (SSSR count). The van der Waals surface area contributed by atoms with Crippen molar-refractivity contribution in [3.8, 4) is 6.07 Å². The molecule has 2 aromatic rings. The zero-order chi connectivity index (χ0) is 24.2. The van der Waals surface area contributed by atoms with Gasteiger partial charge >= 0.3 is 0 Å². The second kappa shape index (κ2) is 9.98. The number of amides is 1. The maximum Gasteiger partial charge on any atom is 0.270 e. The fraction of sp³-hybridized carbons (Fsp3) is 0.462. The summed E-state index contributed by atoms with van der Waals surface area (Å²) in [6, 6.07) is 13.3. The van der Waals surface area contributed by atoms with Crippen molar-refractivity contribution in [3.05, 3.63) is 65.5 Å². The molecule has 2 fully saturated rings. The molecule has 178 valence electrons. The predicted octanol–water partition coefficient (Wildman–Crippen LogP) is 4.21. The van der Waals surface area contributed by atoms with Crippen LogP contribution < -0.4 is 0 Å². The van der Waals surface area contributed by atoms with Crippen LogP contribution >= 0.6 is 0 Å². The molecule has 0 spiro atoms. The lowest BCUT2D eigenvalue weighted by molar-refractivity contribution is -0.140. The minimum absolute atomic E-state index is 0.117. The van der Waals surface area contributed by atoms with Crippen LogP contribution in [0.25, 0.3) is 0 Å². The molecule has 1 aromatic heterocycles. The second-order valence-corrected chi connectivity index (χ2v) is 9.11. The highest BCUT2D eigenvalue weighted by Gasteiger charge is 2.60. The van der Waals surface area contributed by atoms with Gasteiger partial charge in [0.05, 0.1) is 13.0 Å². The van der Waals surface area contributed by atoms with Crippen molar-refractivity contribution < 1.29 is 18.4 Å². The molecular weight excluding hydrogens is 438 g/mol. The van der Waals surface area contributed by atoms with Gasteiger partial charge < -0.3 is 4.90 Å². The number of alkyl halides is 2. The van der Waals surface area contributed by atoms with Crippen LogP contribution in [0.5, 0.6) is 0 Å². The first-order valence-electron chi connectivity index (χ1n) is 11.7. The highest BCUT2D eigenvalue weighted by atomic mass is 19.3. The van der Waals surface area contributed by atoms with Gasteiger partial charge in [0.1, 0.15) is 6.07 Å². The number of piperidine rings is 1. The normalized spacial score (nSPS) is 22.3. The number of halogens is 2. The number of Topliss-reactive ketones (excluding diaryl/α,β-unsaturated/α-hetero) is 1. The first kappa shape index (κ1) is 24.0. The number of hydrogen-bond donors (Lipinski definition) is 0. The fourth-order valence-electron chi connectivity index (χ4n) is 5.03. The number of benzene rings is 1. The maximum absolute atomic E-state index is 14.5. The zero-order valence-electron chi connectivity index (χ0n) is 19.1. The Morgan fingerprint density at radius 2 is 1.79 bits per heavy atom. The SMILES string of the molecule is N#C[C@]1(N2CCCCC2)CC(F)(F)CN1C(=O)CCC(=O)c1ccncc1Cc1ccccc1. The average molecular weight is 467 g/mol. The van der Waals surface area contributed by atoms with Crippen molar-refractivity contribution in [3.63, 3.8) is 0 Å². The third kappa shape index (κ3) is 5.00. The lowest BCUT2D eigenvalue weighted by Gasteiger charge is -2.43. The van der Waals surface area contributed by atoms with Crippen molar-refractivity contribution in [2.24, 2.45) is 0 Å². The molecule has 8 heteroatoms. The van der Waals surface area contributed by atoms with Crippen LogP contribution in [-0.4, -0.2) is 57.7 Å². The number of nitriles is 1. The van der Waals surface area contributed by atoms with Gasteiger partial charge in [0.15, 0.2) is 11.4 Å². The largest absolute Gasteiger partial charge is 0.306 e. The lowest BCUT2D eigenvalue weighted by Crippen LogP contribution is -2.59. The van der Waals surface area contributed by atoms with Crippen molar-refractivity contribution in [1.82, 2.24) is 14.8 Å². The zero-order valence-corrected chi connectivity index (χ0v) is 19.1. The van der Waals surface area contributed by atoms with E-state index in [1.165, 1.54) is 6.20 Å². The van der Waals surface area contributed by atoms with Crippen LogP contribution in [0, 0.1) is 11.3 Å². The molecule has 0 aliphatic carbocycles. The van der Waals surface area contributed by atoms with Gasteiger partial charge in [-0.25, -0.2) is 8.78 Å². The maximum atomic E-state index is 14.5. The highest BCUT2D eigenvalue weighted by molar-refractivity contribution is 5.99. The number of hydrogen-bond acceptors (Lipinski definition) is 5. The van der Waals surface area contributed by atoms with Crippen LogP contribution in [0.3, 0.4) is 0 Å². The van der Waals surface area contributed by atoms with Gasteiger partial charge in [-0.1, -0.05) is 36.8 Å². The van der Waals surface area contributed by atoms with Gasteiger partial charge in [0.2, 0.25) is 5.91 Å². The van der Waals surface area contributed by atoms with E-state index in [2.05, 4.69) is 4.98 Å². The minimum atomic E-state index is -3.14. The van der Waals surface area contributed by atoms with E-state index in [4.69, 9.17) is 0 Å². The Morgan fingerprint density at radius 3 is 2.50 bits per heavy atom. The Labute approximate surface area is 198 Å². The molecule has 0 N–H and O–H groups in total. The molecule has 1 aromatic carbocycles. The lowest BCUT2D eigenvalue weighted by atomic mass is 9.97. The van der Waals surface area contributed by atoms with Gasteiger partial charge in [0.25, 0.3) is 5.92 Å². The van der Waals surface area contributed by atoms with E-state index in [-0.39, 0.29) is 18.6 Å². The molecule has 2 aliphatic rings. The smallest absolute Gasteiger partial charge is 0.270 e. The van der Waals surface area contributed by atoms with Gasteiger partial charge in [0, 0.05) is 43.9 Å². The minimum Gasteiger partial charge on any atom is -0.306 e. The second-order valence-electron chi connectivity index (χ2n) is 9.11. The molecule has 0 saturated carbocycles. The van der Waals surface area contributed by atoms with Crippen molar-refractivity contribution in [2.45, 2.75) is 56.5 Å². The average Bonchev–Trinajstić information content (AvgIpc) is 3.15. The summed E-state index contributed by atoms with van der Waals surface area (Å²) in [5, 5.41) is 9.96. The molecule has 6 nitrogen and oxygen atoms in total. The van der Waals surface area contributed by atoms with Crippen molar-refractivity contribution in [2.75, 3.05) is 19.6 Å². The summed E-state index contributed by atoms with van der Waals surface area (Å²) in [7, 11) is 0. The number of carbonyl (C=O) groups excluding carboxylic acids is 2. The number of aromatic nitrogens is 1. The van der Waals surface area contributed by atoms with Crippen LogP contribution in [0.2, 0.25) is 0 Å². The molecular formula is C26H28F2N4O2. The summed E-state index contributed by atoms with van der Waals surface area (Å²) in [4.78, 5) is 33.0. The van der Waals surface area contributed by atoms with Gasteiger partial charge in [-0.2, -0.15) is 5.26 Å². The van der Waals surface area contributed by atoms with Crippen LogP contribution in [-0.2, 0) is 11.2 Å².